The van der Waals surface area contributed by atoms with Crippen LogP contribution in [0.1, 0.15) is 39.3 Å². The molecule has 2 aromatic rings. The van der Waals surface area contributed by atoms with Crippen LogP contribution < -0.4 is 0 Å². The SMILES string of the molecule is O=C(CN(C(=O)c1ccc(Cl)cc1Cl)N1C(=O)[C@@H]2[C@H]3CC[C@@H](C3)[C@H]2C1=O)c1cccs1. The predicted octanol–water partition coefficient (Wildman–Crippen LogP) is 4.33. The summed E-state index contributed by atoms with van der Waals surface area (Å²) in [7, 11) is 0. The number of imide groups is 1. The van der Waals surface area contributed by atoms with E-state index < -0.39 is 24.3 Å². The fraction of sp³-hybridized carbons (Fsp3) is 0.364. The third kappa shape index (κ3) is 3.30. The highest BCUT2D eigenvalue weighted by molar-refractivity contribution is 7.12. The topological polar surface area (TPSA) is 74.8 Å². The van der Waals surface area contributed by atoms with Gasteiger partial charge < -0.3 is 0 Å². The van der Waals surface area contributed by atoms with Crippen molar-refractivity contribution in [2.45, 2.75) is 19.3 Å². The van der Waals surface area contributed by atoms with E-state index in [-0.39, 0.29) is 40.0 Å². The van der Waals surface area contributed by atoms with Gasteiger partial charge in [0.25, 0.3) is 17.7 Å². The lowest BCUT2D eigenvalue weighted by atomic mass is 9.81. The van der Waals surface area contributed by atoms with E-state index in [0.717, 1.165) is 29.3 Å². The number of benzene rings is 1. The van der Waals surface area contributed by atoms with Gasteiger partial charge in [0.05, 0.1) is 27.3 Å². The molecule has 3 fully saturated rings. The van der Waals surface area contributed by atoms with Crippen molar-refractivity contribution in [2.24, 2.45) is 23.7 Å². The molecule has 0 spiro atoms. The smallest absolute Gasteiger partial charge is 0.274 e. The summed E-state index contributed by atoms with van der Waals surface area (Å²) < 4.78 is 0. The van der Waals surface area contributed by atoms with Gasteiger partial charge in [0.15, 0.2) is 5.78 Å². The molecule has 0 N–H and O–H groups in total. The molecule has 1 saturated heterocycles. The maximum Gasteiger partial charge on any atom is 0.274 e. The fourth-order valence-electron chi connectivity index (χ4n) is 5.32. The largest absolute Gasteiger partial charge is 0.291 e. The Labute approximate surface area is 192 Å². The quantitative estimate of drug-likeness (QED) is 0.475. The average Bonchev–Trinajstić information content (AvgIpc) is 3.51. The summed E-state index contributed by atoms with van der Waals surface area (Å²) >= 11 is 13.4. The number of thiophene rings is 1. The second-order valence-electron chi connectivity index (χ2n) is 8.26. The molecule has 2 aliphatic carbocycles. The maximum absolute atomic E-state index is 13.5. The number of ketones is 1. The van der Waals surface area contributed by atoms with Crippen LogP contribution in [0.25, 0.3) is 0 Å². The number of hydrogen-bond donors (Lipinski definition) is 0. The van der Waals surface area contributed by atoms with Crippen LogP contribution in [0.2, 0.25) is 10.0 Å². The van der Waals surface area contributed by atoms with Crippen molar-refractivity contribution in [2.75, 3.05) is 6.54 Å². The van der Waals surface area contributed by atoms with Crippen molar-refractivity contribution in [3.05, 3.63) is 56.2 Å². The van der Waals surface area contributed by atoms with Crippen molar-refractivity contribution >= 4 is 58.0 Å². The second kappa shape index (κ2) is 7.73. The van der Waals surface area contributed by atoms with E-state index in [4.69, 9.17) is 23.2 Å². The molecule has 3 amide bonds. The molecule has 2 heterocycles. The number of hydrazine groups is 1. The van der Waals surface area contributed by atoms with Gasteiger partial charge in [-0.15, -0.1) is 11.3 Å². The van der Waals surface area contributed by atoms with E-state index in [0.29, 0.717) is 9.90 Å². The van der Waals surface area contributed by atoms with Gasteiger partial charge in [-0.2, -0.15) is 5.01 Å². The number of nitrogens with zero attached hydrogens (tertiary/aromatic N) is 2. The summed E-state index contributed by atoms with van der Waals surface area (Å²) in [4.78, 5) is 53.4. The molecule has 1 aromatic carbocycles. The van der Waals surface area contributed by atoms with Crippen LogP contribution in [0.4, 0.5) is 0 Å². The number of fused-ring (bicyclic) bond motifs is 5. The van der Waals surface area contributed by atoms with Crippen molar-refractivity contribution in [3.8, 4) is 0 Å². The zero-order valence-corrected chi connectivity index (χ0v) is 18.6. The first-order chi connectivity index (χ1) is 14.9. The fourth-order valence-corrected chi connectivity index (χ4v) is 6.46. The van der Waals surface area contributed by atoms with Crippen molar-refractivity contribution < 1.29 is 19.2 Å². The van der Waals surface area contributed by atoms with Crippen LogP contribution in [0.3, 0.4) is 0 Å². The predicted molar refractivity (Wildman–Crippen MR) is 116 cm³/mol. The standard InChI is InChI=1S/C22H18Cl2N2O4S/c23-13-5-6-14(15(24)9-13)20(28)25(10-16(27)17-2-1-7-31-17)26-21(29)18-11-3-4-12(8-11)19(18)22(26)30/h1-2,5-7,9,11-12,18-19H,3-4,8,10H2/t11-,12-,18+,19+/m0/s1. The molecule has 5 rings (SSSR count). The van der Waals surface area contributed by atoms with Gasteiger partial charge in [-0.05, 0) is 60.7 Å². The first-order valence-corrected chi connectivity index (χ1v) is 11.7. The molecule has 3 aliphatic rings. The van der Waals surface area contributed by atoms with Crippen molar-refractivity contribution in [1.29, 1.82) is 0 Å². The highest BCUT2D eigenvalue weighted by Gasteiger charge is 2.62. The molecule has 160 valence electrons. The van der Waals surface area contributed by atoms with Crippen LogP contribution in [-0.4, -0.2) is 40.1 Å². The van der Waals surface area contributed by atoms with E-state index in [1.165, 1.54) is 29.5 Å². The number of amides is 3. The Morgan fingerprint density at radius 2 is 1.74 bits per heavy atom. The van der Waals surface area contributed by atoms with Gasteiger partial charge in [-0.1, -0.05) is 29.3 Å². The van der Waals surface area contributed by atoms with Crippen molar-refractivity contribution in [1.82, 2.24) is 10.0 Å². The number of hydrogen-bond acceptors (Lipinski definition) is 5. The van der Waals surface area contributed by atoms with Crippen molar-refractivity contribution in [3.63, 3.8) is 0 Å². The Balaban J connectivity index is 1.52. The Morgan fingerprint density at radius 1 is 1.06 bits per heavy atom. The summed E-state index contributed by atoms with van der Waals surface area (Å²) in [5.74, 6) is -2.28. The highest BCUT2D eigenvalue weighted by atomic mass is 35.5. The molecule has 0 unspecified atom stereocenters. The van der Waals surface area contributed by atoms with E-state index in [2.05, 4.69) is 0 Å². The summed E-state index contributed by atoms with van der Waals surface area (Å²) in [6.45, 7) is -0.426. The first-order valence-electron chi connectivity index (χ1n) is 10.1. The van der Waals surface area contributed by atoms with Crippen LogP contribution in [-0.2, 0) is 9.59 Å². The monoisotopic (exact) mass is 476 g/mol. The number of carbonyl (C=O) groups is 4. The molecule has 9 heteroatoms. The molecule has 6 nitrogen and oxygen atoms in total. The lowest BCUT2D eigenvalue weighted by Crippen LogP contribution is -2.52. The van der Waals surface area contributed by atoms with Gasteiger partial charge in [0.2, 0.25) is 0 Å². The molecular weight excluding hydrogens is 459 g/mol. The first kappa shape index (κ1) is 20.7. The molecule has 4 atom stereocenters. The van der Waals surface area contributed by atoms with Crippen LogP contribution in [0.5, 0.6) is 0 Å². The average molecular weight is 477 g/mol. The molecule has 2 saturated carbocycles. The Kier molecular flexibility index (Phi) is 5.15. The Morgan fingerprint density at radius 3 is 2.32 bits per heavy atom. The highest BCUT2D eigenvalue weighted by Crippen LogP contribution is 2.56. The van der Waals surface area contributed by atoms with Crippen LogP contribution >= 0.6 is 34.5 Å². The van der Waals surface area contributed by atoms with Gasteiger partial charge in [0, 0.05) is 5.02 Å². The number of halogens is 2. The van der Waals surface area contributed by atoms with E-state index in [9.17, 15) is 19.2 Å². The molecule has 2 bridgehead atoms. The summed E-state index contributed by atoms with van der Waals surface area (Å²) in [6.07, 6.45) is 2.72. The van der Waals surface area contributed by atoms with E-state index in [1.807, 2.05) is 0 Å². The number of rotatable bonds is 5. The zero-order chi connectivity index (χ0) is 21.9. The summed E-state index contributed by atoms with van der Waals surface area (Å²) in [5.41, 5.74) is 0.0747. The normalized spacial score (nSPS) is 26.5. The third-order valence-electron chi connectivity index (χ3n) is 6.63. The van der Waals surface area contributed by atoms with Gasteiger partial charge in [-0.3, -0.25) is 19.2 Å². The minimum atomic E-state index is -0.680. The maximum atomic E-state index is 13.5. The molecule has 1 aromatic heterocycles. The second-order valence-corrected chi connectivity index (χ2v) is 10.1. The Bertz CT molecular complexity index is 1070. The molecule has 0 radical (unpaired) electrons. The molecule has 1 aliphatic heterocycles. The van der Waals surface area contributed by atoms with Crippen LogP contribution in [0.15, 0.2) is 35.7 Å². The molecule has 31 heavy (non-hydrogen) atoms. The van der Waals surface area contributed by atoms with E-state index >= 15 is 0 Å². The number of carbonyl (C=O) groups excluding carboxylic acids is 4. The van der Waals surface area contributed by atoms with Gasteiger partial charge in [0.1, 0.15) is 6.54 Å². The zero-order valence-electron chi connectivity index (χ0n) is 16.3. The lowest BCUT2D eigenvalue weighted by molar-refractivity contribution is -0.154. The molecular formula is C22H18Cl2N2O4S. The summed E-state index contributed by atoms with van der Waals surface area (Å²) in [5, 5.41) is 4.08. The van der Waals surface area contributed by atoms with Crippen LogP contribution in [0, 0.1) is 23.7 Å². The minimum Gasteiger partial charge on any atom is -0.291 e. The Hall–Kier alpha value is -2.22. The third-order valence-corrected chi connectivity index (χ3v) is 8.09. The van der Waals surface area contributed by atoms with Gasteiger partial charge in [-0.25, -0.2) is 5.01 Å². The van der Waals surface area contributed by atoms with E-state index in [1.54, 1.807) is 17.5 Å². The summed E-state index contributed by atoms with van der Waals surface area (Å²) in [6, 6.07) is 7.73. The lowest BCUT2D eigenvalue weighted by Gasteiger charge is -2.31. The van der Waals surface area contributed by atoms with Gasteiger partial charge >= 0.3 is 0 Å². The number of Topliss-reactive ketones (excluding diaryl/α,β-unsaturated/α-hetero) is 1. The minimum absolute atomic E-state index is 0.0747.